The predicted molar refractivity (Wildman–Crippen MR) is 82.4 cm³/mol. The molecule has 1 N–H and O–H groups in total. The first-order valence-corrected chi connectivity index (χ1v) is 7.28. The van der Waals surface area contributed by atoms with Crippen molar-refractivity contribution in [2.45, 2.75) is 39.0 Å². The predicted octanol–water partition coefficient (Wildman–Crippen LogP) is 2.46. The van der Waals surface area contributed by atoms with Crippen molar-refractivity contribution < 1.29 is 5.21 Å². The van der Waals surface area contributed by atoms with Crippen molar-refractivity contribution in [3.63, 3.8) is 0 Å². The van der Waals surface area contributed by atoms with Gasteiger partial charge in [0.15, 0.2) is 5.82 Å². The summed E-state index contributed by atoms with van der Waals surface area (Å²) in [5, 5.41) is 16.8. The van der Waals surface area contributed by atoms with Crippen molar-refractivity contribution in [2.24, 2.45) is 5.16 Å². The van der Waals surface area contributed by atoms with E-state index in [2.05, 4.69) is 47.0 Å². The molecule has 112 valence electrons. The summed E-state index contributed by atoms with van der Waals surface area (Å²) >= 11 is 0. The van der Waals surface area contributed by atoms with Crippen LogP contribution in [0.5, 0.6) is 0 Å². The first-order chi connectivity index (χ1) is 9.99. The molecule has 0 radical (unpaired) electrons. The van der Waals surface area contributed by atoms with Gasteiger partial charge in [0.1, 0.15) is 5.52 Å². The molecule has 0 atom stereocenters. The van der Waals surface area contributed by atoms with Crippen LogP contribution in [0, 0.1) is 0 Å². The fourth-order valence-corrected chi connectivity index (χ4v) is 2.60. The quantitative estimate of drug-likeness (QED) is 0.646. The molecule has 21 heavy (non-hydrogen) atoms. The van der Waals surface area contributed by atoms with Crippen LogP contribution in [0.1, 0.15) is 39.3 Å². The summed E-state index contributed by atoms with van der Waals surface area (Å²) in [6, 6.07) is 2.12. The van der Waals surface area contributed by atoms with E-state index in [0.717, 1.165) is 48.7 Å². The van der Waals surface area contributed by atoms with Crippen LogP contribution in [0.2, 0.25) is 0 Å². The lowest BCUT2D eigenvalue weighted by Crippen LogP contribution is -2.34. The highest BCUT2D eigenvalue weighted by molar-refractivity contribution is 5.86. The fourth-order valence-electron chi connectivity index (χ4n) is 2.60. The summed E-state index contributed by atoms with van der Waals surface area (Å²) in [7, 11) is 0. The summed E-state index contributed by atoms with van der Waals surface area (Å²) in [4.78, 5) is 6.77. The van der Waals surface area contributed by atoms with Crippen molar-refractivity contribution in [1.82, 2.24) is 14.6 Å². The molecule has 6 nitrogen and oxygen atoms in total. The Morgan fingerprint density at radius 2 is 1.95 bits per heavy atom. The molecule has 1 aliphatic heterocycles. The minimum absolute atomic E-state index is 0.0158. The molecule has 0 aliphatic carbocycles. The molecule has 6 heteroatoms. The number of oxime groups is 1. The normalized spacial score (nSPS) is 16.5. The molecule has 1 saturated heterocycles. The number of hydrogen-bond donors (Lipinski definition) is 1. The second kappa shape index (κ2) is 5.02. The van der Waals surface area contributed by atoms with Gasteiger partial charge in [-0.3, -0.25) is 0 Å². The summed E-state index contributed by atoms with van der Waals surface area (Å²) in [5.74, 6) is 0.956. The van der Waals surface area contributed by atoms with Crippen LogP contribution in [-0.4, -0.2) is 38.6 Å². The summed E-state index contributed by atoms with van der Waals surface area (Å²) in [5.41, 5.74) is 2.97. The van der Waals surface area contributed by atoms with Crippen LogP contribution in [0.4, 0.5) is 5.82 Å². The zero-order valence-electron chi connectivity index (χ0n) is 12.7. The van der Waals surface area contributed by atoms with Crippen molar-refractivity contribution in [1.29, 1.82) is 0 Å². The number of anilines is 1. The molecular formula is C15H21N5O. The van der Waals surface area contributed by atoms with Gasteiger partial charge in [-0.2, -0.15) is 5.10 Å². The van der Waals surface area contributed by atoms with Gasteiger partial charge in [-0.15, -0.1) is 0 Å². The van der Waals surface area contributed by atoms with Gasteiger partial charge in [-0.1, -0.05) is 25.9 Å². The summed E-state index contributed by atoms with van der Waals surface area (Å²) < 4.78 is 1.90. The van der Waals surface area contributed by atoms with Gasteiger partial charge in [0, 0.05) is 43.7 Å². The third-order valence-corrected chi connectivity index (χ3v) is 3.92. The molecule has 2 aromatic rings. The minimum atomic E-state index is 0.0158. The maximum absolute atomic E-state index is 8.85. The van der Waals surface area contributed by atoms with Crippen LogP contribution in [0.25, 0.3) is 5.52 Å². The average molecular weight is 287 g/mol. The highest BCUT2D eigenvalue weighted by Crippen LogP contribution is 2.27. The van der Waals surface area contributed by atoms with Crippen molar-refractivity contribution >= 4 is 17.0 Å². The summed E-state index contributed by atoms with van der Waals surface area (Å²) in [6.45, 7) is 8.12. The third kappa shape index (κ3) is 2.57. The average Bonchev–Trinajstić information content (AvgIpc) is 2.91. The van der Waals surface area contributed by atoms with Crippen LogP contribution >= 0.6 is 0 Å². The van der Waals surface area contributed by atoms with E-state index in [1.54, 1.807) is 6.20 Å². The van der Waals surface area contributed by atoms with E-state index in [1.807, 2.05) is 10.7 Å². The number of fused-ring (bicyclic) bond motifs is 1. The van der Waals surface area contributed by atoms with E-state index >= 15 is 0 Å². The van der Waals surface area contributed by atoms with Gasteiger partial charge in [-0.05, 0) is 6.07 Å². The first kappa shape index (κ1) is 13.9. The van der Waals surface area contributed by atoms with Crippen molar-refractivity contribution in [3.05, 3.63) is 24.2 Å². The lowest BCUT2D eigenvalue weighted by atomic mass is 9.92. The molecule has 3 heterocycles. The maximum Gasteiger partial charge on any atom is 0.154 e. The minimum Gasteiger partial charge on any atom is -0.411 e. The Kier molecular flexibility index (Phi) is 3.31. The molecule has 0 amide bonds. The van der Waals surface area contributed by atoms with Gasteiger partial charge < -0.3 is 10.1 Å². The van der Waals surface area contributed by atoms with Gasteiger partial charge in [0.2, 0.25) is 0 Å². The number of piperidine rings is 1. The van der Waals surface area contributed by atoms with Crippen LogP contribution in [0.15, 0.2) is 23.6 Å². The zero-order chi connectivity index (χ0) is 15.0. The standard InChI is InChI=1S/C15H21N5O/c1-15(2,3)13-10-12-14(16-6-9-20(12)17-13)19-7-4-11(18-21)5-8-19/h6,9-10,21H,4-5,7-8H2,1-3H3. The molecular weight excluding hydrogens is 266 g/mol. The van der Waals surface area contributed by atoms with E-state index in [-0.39, 0.29) is 5.41 Å². The van der Waals surface area contributed by atoms with Gasteiger partial charge in [0.25, 0.3) is 0 Å². The van der Waals surface area contributed by atoms with E-state index in [9.17, 15) is 0 Å². The molecule has 1 fully saturated rings. The largest absolute Gasteiger partial charge is 0.411 e. The number of aromatic nitrogens is 3. The lowest BCUT2D eigenvalue weighted by molar-refractivity contribution is 0.315. The van der Waals surface area contributed by atoms with E-state index in [1.165, 1.54) is 0 Å². The van der Waals surface area contributed by atoms with Crippen molar-refractivity contribution in [2.75, 3.05) is 18.0 Å². The molecule has 0 saturated carbocycles. The maximum atomic E-state index is 8.85. The zero-order valence-corrected chi connectivity index (χ0v) is 12.7. The Morgan fingerprint density at radius 1 is 1.24 bits per heavy atom. The fraction of sp³-hybridized carbons (Fsp3) is 0.533. The Morgan fingerprint density at radius 3 is 2.57 bits per heavy atom. The molecule has 0 bridgehead atoms. The van der Waals surface area contributed by atoms with E-state index < -0.39 is 0 Å². The smallest absolute Gasteiger partial charge is 0.154 e. The summed E-state index contributed by atoms with van der Waals surface area (Å²) in [6.07, 6.45) is 5.23. The highest BCUT2D eigenvalue weighted by atomic mass is 16.4. The Bertz CT molecular complexity index is 673. The van der Waals surface area contributed by atoms with Gasteiger partial charge in [0.05, 0.1) is 11.4 Å². The number of rotatable bonds is 1. The third-order valence-electron chi connectivity index (χ3n) is 3.92. The van der Waals surface area contributed by atoms with E-state index in [0.29, 0.717) is 0 Å². The molecule has 0 unspecified atom stereocenters. The monoisotopic (exact) mass is 287 g/mol. The van der Waals surface area contributed by atoms with Crippen molar-refractivity contribution in [3.8, 4) is 0 Å². The SMILES string of the molecule is CC(C)(C)c1cc2c(N3CCC(=NO)CC3)nccn2n1. The Balaban J connectivity index is 1.98. The first-order valence-electron chi connectivity index (χ1n) is 7.28. The second-order valence-corrected chi connectivity index (χ2v) is 6.51. The number of nitrogens with zero attached hydrogens (tertiary/aromatic N) is 5. The van der Waals surface area contributed by atoms with Gasteiger partial charge >= 0.3 is 0 Å². The van der Waals surface area contributed by atoms with E-state index in [4.69, 9.17) is 5.21 Å². The molecule has 0 spiro atoms. The van der Waals surface area contributed by atoms with Crippen LogP contribution < -0.4 is 4.90 Å². The molecule has 3 rings (SSSR count). The molecule has 2 aromatic heterocycles. The highest BCUT2D eigenvalue weighted by Gasteiger charge is 2.22. The number of hydrogen-bond acceptors (Lipinski definition) is 5. The topological polar surface area (TPSA) is 66.0 Å². The second-order valence-electron chi connectivity index (χ2n) is 6.51. The molecule has 0 aromatic carbocycles. The lowest BCUT2D eigenvalue weighted by Gasteiger charge is -2.28. The van der Waals surface area contributed by atoms with Gasteiger partial charge in [-0.25, -0.2) is 9.50 Å². The molecule has 1 aliphatic rings. The Labute approximate surface area is 124 Å². The van der Waals surface area contributed by atoms with Crippen LogP contribution in [-0.2, 0) is 5.41 Å². The van der Waals surface area contributed by atoms with Crippen LogP contribution in [0.3, 0.4) is 0 Å². The Hall–Kier alpha value is -2.11.